The molecular weight excluding hydrogens is 168 g/mol. The summed E-state index contributed by atoms with van der Waals surface area (Å²) < 4.78 is 0. The lowest BCUT2D eigenvalue weighted by molar-refractivity contribution is 0.178. The van der Waals surface area contributed by atoms with Gasteiger partial charge in [0.05, 0.1) is 0 Å². The summed E-state index contributed by atoms with van der Waals surface area (Å²) >= 11 is 0. The Labute approximate surface area is 90.5 Å². The van der Waals surface area contributed by atoms with Crippen molar-refractivity contribution in [2.75, 3.05) is 0 Å². The standard InChI is InChI=1S/C14H28/c1-11(2)9-13-7-5-6-8-14(13)10-12(3)4/h11-14H,5-10H2,1-4H3/t13-,14?/m0/s1. The fraction of sp³-hybridized carbons (Fsp3) is 1.00. The molecule has 1 rings (SSSR count). The lowest BCUT2D eigenvalue weighted by atomic mass is 9.72. The second-order valence-electron chi connectivity index (χ2n) is 6.06. The van der Waals surface area contributed by atoms with Gasteiger partial charge in [0.25, 0.3) is 0 Å². The predicted octanol–water partition coefficient (Wildman–Crippen LogP) is 4.89. The highest BCUT2D eigenvalue weighted by Crippen LogP contribution is 2.37. The van der Waals surface area contributed by atoms with Crippen molar-refractivity contribution in [1.29, 1.82) is 0 Å². The van der Waals surface area contributed by atoms with E-state index in [0.29, 0.717) is 0 Å². The molecule has 0 aromatic carbocycles. The zero-order valence-corrected chi connectivity index (χ0v) is 10.6. The first kappa shape index (κ1) is 12.1. The van der Waals surface area contributed by atoms with Crippen molar-refractivity contribution >= 4 is 0 Å². The van der Waals surface area contributed by atoms with Gasteiger partial charge in [-0.15, -0.1) is 0 Å². The van der Waals surface area contributed by atoms with Crippen LogP contribution in [0.1, 0.15) is 66.2 Å². The van der Waals surface area contributed by atoms with Gasteiger partial charge in [-0.25, -0.2) is 0 Å². The molecule has 1 aliphatic rings. The summed E-state index contributed by atoms with van der Waals surface area (Å²) in [5, 5.41) is 0. The molecule has 0 radical (unpaired) electrons. The highest BCUT2D eigenvalue weighted by molar-refractivity contribution is 4.77. The van der Waals surface area contributed by atoms with Crippen molar-refractivity contribution in [3.63, 3.8) is 0 Å². The second kappa shape index (κ2) is 5.78. The summed E-state index contributed by atoms with van der Waals surface area (Å²) in [5.41, 5.74) is 0. The molecule has 0 heterocycles. The molecule has 0 nitrogen and oxygen atoms in total. The van der Waals surface area contributed by atoms with Gasteiger partial charge in [0.2, 0.25) is 0 Å². The summed E-state index contributed by atoms with van der Waals surface area (Å²) in [7, 11) is 0. The van der Waals surface area contributed by atoms with Crippen LogP contribution in [0, 0.1) is 23.7 Å². The van der Waals surface area contributed by atoms with Crippen molar-refractivity contribution in [1.82, 2.24) is 0 Å². The Morgan fingerprint density at radius 3 is 1.43 bits per heavy atom. The molecule has 0 heteroatoms. The van der Waals surface area contributed by atoms with Crippen molar-refractivity contribution < 1.29 is 0 Å². The number of hydrogen-bond donors (Lipinski definition) is 0. The summed E-state index contributed by atoms with van der Waals surface area (Å²) in [6.07, 6.45) is 8.94. The van der Waals surface area contributed by atoms with Crippen molar-refractivity contribution in [3.05, 3.63) is 0 Å². The monoisotopic (exact) mass is 196 g/mol. The topological polar surface area (TPSA) is 0 Å². The van der Waals surface area contributed by atoms with Crippen LogP contribution < -0.4 is 0 Å². The van der Waals surface area contributed by atoms with Gasteiger partial charge in [0, 0.05) is 0 Å². The zero-order valence-electron chi connectivity index (χ0n) is 10.6. The average Bonchev–Trinajstić information content (AvgIpc) is 2.06. The molecule has 0 saturated heterocycles. The lowest BCUT2D eigenvalue weighted by Crippen LogP contribution is -2.22. The van der Waals surface area contributed by atoms with E-state index in [2.05, 4.69) is 27.7 Å². The molecular formula is C14H28. The molecule has 0 aromatic rings. The Balaban J connectivity index is 2.41. The molecule has 84 valence electrons. The third-order valence-corrected chi connectivity index (χ3v) is 3.61. The zero-order chi connectivity index (χ0) is 10.6. The first-order valence-electron chi connectivity index (χ1n) is 6.59. The Bertz CT molecular complexity index is 128. The molecule has 2 atom stereocenters. The van der Waals surface area contributed by atoms with Gasteiger partial charge in [-0.05, 0) is 36.5 Å². The van der Waals surface area contributed by atoms with Gasteiger partial charge in [-0.1, -0.05) is 53.4 Å². The first-order chi connectivity index (χ1) is 6.59. The van der Waals surface area contributed by atoms with Crippen LogP contribution in [0.25, 0.3) is 0 Å². The molecule has 1 aliphatic carbocycles. The SMILES string of the molecule is CC(C)CC1CCCC[C@H]1CC(C)C. The molecule has 0 amide bonds. The molecule has 0 bridgehead atoms. The van der Waals surface area contributed by atoms with E-state index in [1.165, 1.54) is 38.5 Å². The van der Waals surface area contributed by atoms with Gasteiger partial charge in [0.15, 0.2) is 0 Å². The maximum absolute atomic E-state index is 2.38. The van der Waals surface area contributed by atoms with Gasteiger partial charge in [0.1, 0.15) is 0 Å². The fourth-order valence-corrected chi connectivity index (χ4v) is 3.12. The highest BCUT2D eigenvalue weighted by Gasteiger charge is 2.25. The molecule has 0 aliphatic heterocycles. The lowest BCUT2D eigenvalue weighted by Gasteiger charge is -2.33. The minimum atomic E-state index is 0.896. The van der Waals surface area contributed by atoms with Crippen molar-refractivity contribution in [3.8, 4) is 0 Å². The van der Waals surface area contributed by atoms with Crippen LogP contribution in [-0.2, 0) is 0 Å². The minimum absolute atomic E-state index is 0.896. The van der Waals surface area contributed by atoms with Crippen LogP contribution in [0.4, 0.5) is 0 Å². The number of hydrogen-bond acceptors (Lipinski definition) is 0. The summed E-state index contributed by atoms with van der Waals surface area (Å²) in [6.45, 7) is 9.50. The van der Waals surface area contributed by atoms with E-state index in [1.807, 2.05) is 0 Å². The Morgan fingerprint density at radius 2 is 1.14 bits per heavy atom. The van der Waals surface area contributed by atoms with E-state index in [9.17, 15) is 0 Å². The van der Waals surface area contributed by atoms with E-state index >= 15 is 0 Å². The molecule has 14 heavy (non-hydrogen) atoms. The van der Waals surface area contributed by atoms with Crippen LogP contribution >= 0.6 is 0 Å². The normalized spacial score (nSPS) is 28.7. The summed E-state index contributed by atoms with van der Waals surface area (Å²) in [4.78, 5) is 0. The Hall–Kier alpha value is 0. The largest absolute Gasteiger partial charge is 0.0628 e. The van der Waals surface area contributed by atoms with E-state index in [-0.39, 0.29) is 0 Å². The molecule has 0 spiro atoms. The Morgan fingerprint density at radius 1 is 0.786 bits per heavy atom. The van der Waals surface area contributed by atoms with Crippen molar-refractivity contribution in [2.45, 2.75) is 66.2 Å². The van der Waals surface area contributed by atoms with Crippen LogP contribution in [-0.4, -0.2) is 0 Å². The quantitative estimate of drug-likeness (QED) is 0.601. The van der Waals surface area contributed by atoms with Crippen LogP contribution in [0.2, 0.25) is 0 Å². The van der Waals surface area contributed by atoms with Crippen LogP contribution in [0.3, 0.4) is 0 Å². The van der Waals surface area contributed by atoms with Gasteiger partial charge < -0.3 is 0 Å². The third-order valence-electron chi connectivity index (χ3n) is 3.61. The van der Waals surface area contributed by atoms with Gasteiger partial charge >= 0.3 is 0 Å². The van der Waals surface area contributed by atoms with E-state index in [0.717, 1.165) is 23.7 Å². The maximum Gasteiger partial charge on any atom is -0.0383 e. The van der Waals surface area contributed by atoms with Crippen LogP contribution in [0.5, 0.6) is 0 Å². The smallest absolute Gasteiger partial charge is 0.0383 e. The fourth-order valence-electron chi connectivity index (χ4n) is 3.12. The molecule has 1 fully saturated rings. The molecule has 1 unspecified atom stereocenters. The van der Waals surface area contributed by atoms with E-state index in [1.54, 1.807) is 0 Å². The molecule has 0 aromatic heterocycles. The predicted molar refractivity (Wildman–Crippen MR) is 64.4 cm³/mol. The highest BCUT2D eigenvalue weighted by atomic mass is 14.3. The molecule has 0 N–H and O–H groups in total. The van der Waals surface area contributed by atoms with Crippen LogP contribution in [0.15, 0.2) is 0 Å². The van der Waals surface area contributed by atoms with E-state index < -0.39 is 0 Å². The average molecular weight is 196 g/mol. The molecule has 1 saturated carbocycles. The number of rotatable bonds is 4. The second-order valence-corrected chi connectivity index (χ2v) is 6.06. The van der Waals surface area contributed by atoms with Gasteiger partial charge in [-0.2, -0.15) is 0 Å². The summed E-state index contributed by atoms with van der Waals surface area (Å²) in [5.74, 6) is 3.89. The third kappa shape index (κ3) is 4.02. The maximum atomic E-state index is 2.38. The van der Waals surface area contributed by atoms with E-state index in [4.69, 9.17) is 0 Å². The first-order valence-corrected chi connectivity index (χ1v) is 6.59. The van der Waals surface area contributed by atoms with Crippen molar-refractivity contribution in [2.24, 2.45) is 23.7 Å². The summed E-state index contributed by atoms with van der Waals surface area (Å²) in [6, 6.07) is 0. The Kier molecular flexibility index (Phi) is 4.98. The van der Waals surface area contributed by atoms with Gasteiger partial charge in [-0.3, -0.25) is 0 Å². The minimum Gasteiger partial charge on any atom is -0.0628 e.